The number of aromatic nitrogens is 1. The number of thiophene rings is 1. The number of aryl methyl sites for hydroxylation is 2. The minimum absolute atomic E-state index is 0.971. The quantitative estimate of drug-likeness (QED) is 0.628. The standard InChI is InChI=1S/C15H15NS/c1-11-7-16(8-12(11)2)9-13-10-17-15-6-4-3-5-14(13)15/h3-8,10H,9H2,1-2H3. The van der Waals surface area contributed by atoms with E-state index in [1.807, 2.05) is 11.3 Å². The van der Waals surface area contributed by atoms with Crippen molar-refractivity contribution in [3.05, 3.63) is 58.7 Å². The van der Waals surface area contributed by atoms with Crippen LogP contribution in [0.3, 0.4) is 0 Å². The summed E-state index contributed by atoms with van der Waals surface area (Å²) in [6, 6.07) is 8.62. The zero-order valence-electron chi connectivity index (χ0n) is 10.1. The second kappa shape index (κ2) is 4.04. The average molecular weight is 241 g/mol. The van der Waals surface area contributed by atoms with Crippen molar-refractivity contribution in [1.82, 2.24) is 4.57 Å². The Kier molecular flexibility index (Phi) is 2.52. The summed E-state index contributed by atoms with van der Waals surface area (Å²) in [5, 5.41) is 3.66. The average Bonchev–Trinajstić information content (AvgIpc) is 2.85. The number of nitrogens with zero attached hydrogens (tertiary/aromatic N) is 1. The monoisotopic (exact) mass is 241 g/mol. The Morgan fingerprint density at radius 1 is 1.06 bits per heavy atom. The molecule has 0 unspecified atom stereocenters. The lowest BCUT2D eigenvalue weighted by molar-refractivity contribution is 0.810. The predicted molar refractivity (Wildman–Crippen MR) is 74.8 cm³/mol. The predicted octanol–water partition coefficient (Wildman–Crippen LogP) is 4.37. The summed E-state index contributed by atoms with van der Waals surface area (Å²) in [5.74, 6) is 0. The molecule has 2 heterocycles. The van der Waals surface area contributed by atoms with E-state index in [1.54, 1.807) is 0 Å². The Morgan fingerprint density at radius 3 is 2.53 bits per heavy atom. The molecule has 0 radical (unpaired) electrons. The van der Waals surface area contributed by atoms with Gasteiger partial charge in [-0.1, -0.05) is 18.2 Å². The molecular weight excluding hydrogens is 226 g/mol. The van der Waals surface area contributed by atoms with Gasteiger partial charge in [0.25, 0.3) is 0 Å². The highest BCUT2D eigenvalue weighted by atomic mass is 32.1. The molecule has 86 valence electrons. The first-order valence-corrected chi connectivity index (χ1v) is 6.70. The van der Waals surface area contributed by atoms with Crippen LogP contribution < -0.4 is 0 Å². The summed E-state index contributed by atoms with van der Waals surface area (Å²) in [6.07, 6.45) is 4.45. The third kappa shape index (κ3) is 1.89. The van der Waals surface area contributed by atoms with E-state index >= 15 is 0 Å². The summed E-state index contributed by atoms with van der Waals surface area (Å²) in [4.78, 5) is 0. The van der Waals surface area contributed by atoms with Crippen molar-refractivity contribution in [3.63, 3.8) is 0 Å². The van der Waals surface area contributed by atoms with E-state index in [9.17, 15) is 0 Å². The molecule has 0 saturated heterocycles. The number of rotatable bonds is 2. The van der Waals surface area contributed by atoms with Crippen LogP contribution in [0.15, 0.2) is 42.0 Å². The zero-order chi connectivity index (χ0) is 11.8. The highest BCUT2D eigenvalue weighted by Crippen LogP contribution is 2.26. The van der Waals surface area contributed by atoms with E-state index in [2.05, 4.69) is 60.5 Å². The van der Waals surface area contributed by atoms with Crippen LogP contribution in [0.5, 0.6) is 0 Å². The van der Waals surface area contributed by atoms with E-state index < -0.39 is 0 Å². The minimum Gasteiger partial charge on any atom is -0.349 e. The Hall–Kier alpha value is -1.54. The summed E-state index contributed by atoms with van der Waals surface area (Å²) < 4.78 is 3.65. The van der Waals surface area contributed by atoms with Crippen molar-refractivity contribution >= 4 is 21.4 Å². The number of hydrogen-bond acceptors (Lipinski definition) is 1. The van der Waals surface area contributed by atoms with Gasteiger partial charge in [-0.3, -0.25) is 0 Å². The maximum absolute atomic E-state index is 2.28. The normalized spacial score (nSPS) is 11.2. The molecule has 1 nitrogen and oxygen atoms in total. The van der Waals surface area contributed by atoms with Gasteiger partial charge in [-0.25, -0.2) is 0 Å². The van der Waals surface area contributed by atoms with E-state index in [0.29, 0.717) is 0 Å². The van der Waals surface area contributed by atoms with Gasteiger partial charge >= 0.3 is 0 Å². The molecule has 2 aromatic heterocycles. The van der Waals surface area contributed by atoms with Crippen LogP contribution in [-0.4, -0.2) is 4.57 Å². The molecular formula is C15H15NS. The van der Waals surface area contributed by atoms with E-state index in [1.165, 1.54) is 26.8 Å². The van der Waals surface area contributed by atoms with E-state index in [4.69, 9.17) is 0 Å². The van der Waals surface area contributed by atoms with Crippen molar-refractivity contribution in [1.29, 1.82) is 0 Å². The Balaban J connectivity index is 2.00. The minimum atomic E-state index is 0.971. The van der Waals surface area contributed by atoms with Crippen LogP contribution in [0, 0.1) is 13.8 Å². The van der Waals surface area contributed by atoms with Gasteiger partial charge in [0.1, 0.15) is 0 Å². The van der Waals surface area contributed by atoms with Crippen LogP contribution in [0.2, 0.25) is 0 Å². The van der Waals surface area contributed by atoms with Crippen molar-refractivity contribution in [3.8, 4) is 0 Å². The molecule has 0 bridgehead atoms. The van der Waals surface area contributed by atoms with Gasteiger partial charge in [-0.05, 0) is 47.4 Å². The molecule has 17 heavy (non-hydrogen) atoms. The molecule has 0 atom stereocenters. The van der Waals surface area contributed by atoms with Gasteiger partial charge in [0.15, 0.2) is 0 Å². The fraction of sp³-hybridized carbons (Fsp3) is 0.200. The highest BCUT2D eigenvalue weighted by molar-refractivity contribution is 7.17. The van der Waals surface area contributed by atoms with E-state index in [0.717, 1.165) is 6.54 Å². The topological polar surface area (TPSA) is 4.93 Å². The highest BCUT2D eigenvalue weighted by Gasteiger charge is 2.04. The third-order valence-corrected chi connectivity index (χ3v) is 4.27. The lowest BCUT2D eigenvalue weighted by atomic mass is 10.2. The largest absolute Gasteiger partial charge is 0.349 e. The molecule has 3 rings (SSSR count). The lowest BCUT2D eigenvalue weighted by Crippen LogP contribution is -1.94. The van der Waals surface area contributed by atoms with Gasteiger partial charge in [0.2, 0.25) is 0 Å². The fourth-order valence-corrected chi connectivity index (χ4v) is 3.14. The van der Waals surface area contributed by atoms with Gasteiger partial charge in [-0.15, -0.1) is 11.3 Å². The first-order valence-electron chi connectivity index (χ1n) is 5.82. The second-order valence-corrected chi connectivity index (χ2v) is 5.46. The van der Waals surface area contributed by atoms with Gasteiger partial charge in [0.05, 0.1) is 0 Å². The molecule has 0 spiro atoms. The zero-order valence-corrected chi connectivity index (χ0v) is 10.9. The number of benzene rings is 1. The molecule has 0 aliphatic carbocycles. The van der Waals surface area contributed by atoms with Crippen molar-refractivity contribution in [2.75, 3.05) is 0 Å². The van der Waals surface area contributed by atoms with Crippen LogP contribution >= 0.6 is 11.3 Å². The summed E-state index contributed by atoms with van der Waals surface area (Å²) in [7, 11) is 0. The summed E-state index contributed by atoms with van der Waals surface area (Å²) in [6.45, 7) is 5.30. The van der Waals surface area contributed by atoms with Crippen LogP contribution in [-0.2, 0) is 6.54 Å². The first-order chi connectivity index (χ1) is 8.24. The molecule has 3 aromatic rings. The van der Waals surface area contributed by atoms with Crippen LogP contribution in [0.1, 0.15) is 16.7 Å². The molecule has 1 aromatic carbocycles. The maximum Gasteiger partial charge on any atom is 0.0484 e. The number of hydrogen-bond donors (Lipinski definition) is 0. The van der Waals surface area contributed by atoms with E-state index in [-0.39, 0.29) is 0 Å². The molecule has 0 amide bonds. The van der Waals surface area contributed by atoms with Crippen molar-refractivity contribution < 1.29 is 0 Å². The van der Waals surface area contributed by atoms with Gasteiger partial charge < -0.3 is 4.57 Å². The Morgan fingerprint density at radius 2 is 1.76 bits per heavy atom. The molecule has 2 heteroatoms. The fourth-order valence-electron chi connectivity index (χ4n) is 2.18. The van der Waals surface area contributed by atoms with Crippen LogP contribution in [0.25, 0.3) is 10.1 Å². The second-order valence-electron chi connectivity index (χ2n) is 4.55. The lowest BCUT2D eigenvalue weighted by Gasteiger charge is -2.01. The Labute approximate surface area is 105 Å². The maximum atomic E-state index is 2.28. The molecule has 0 fully saturated rings. The smallest absolute Gasteiger partial charge is 0.0484 e. The van der Waals surface area contributed by atoms with Gasteiger partial charge in [-0.2, -0.15) is 0 Å². The molecule has 0 saturated carbocycles. The molecule has 0 aliphatic heterocycles. The third-order valence-electron chi connectivity index (χ3n) is 3.26. The van der Waals surface area contributed by atoms with Crippen molar-refractivity contribution in [2.24, 2.45) is 0 Å². The summed E-state index contributed by atoms with van der Waals surface area (Å²) >= 11 is 1.83. The summed E-state index contributed by atoms with van der Waals surface area (Å²) in [5.41, 5.74) is 4.15. The van der Waals surface area contributed by atoms with Crippen molar-refractivity contribution in [2.45, 2.75) is 20.4 Å². The Bertz CT molecular complexity index is 641. The number of fused-ring (bicyclic) bond motifs is 1. The van der Waals surface area contributed by atoms with Crippen LogP contribution in [0.4, 0.5) is 0 Å². The molecule has 0 N–H and O–H groups in total. The SMILES string of the molecule is Cc1cn(Cc2csc3ccccc23)cc1C. The molecule has 0 aliphatic rings. The first kappa shape index (κ1) is 10.6. The van der Waals surface area contributed by atoms with Gasteiger partial charge in [0, 0.05) is 23.6 Å².